The van der Waals surface area contributed by atoms with Gasteiger partial charge in [-0.1, -0.05) is 24.3 Å². The van der Waals surface area contributed by atoms with Crippen LogP contribution in [0.2, 0.25) is 0 Å². The number of amides is 2. The van der Waals surface area contributed by atoms with Gasteiger partial charge in [-0.2, -0.15) is 10.5 Å². The number of carbonyl (C=O) groups excluding carboxylic acids is 2. The molecule has 0 saturated heterocycles. The number of rotatable bonds is 14. The molecule has 0 unspecified atom stereocenters. The molecule has 0 N–H and O–H groups in total. The van der Waals surface area contributed by atoms with E-state index in [-0.39, 0.29) is 60.6 Å². The average Bonchev–Trinajstić information content (AvgIpc) is 3.03. The number of benzene rings is 3. The summed E-state index contributed by atoms with van der Waals surface area (Å²) in [5.74, 6) is -4.88. The molecular weight excluding hydrogens is 566 g/mol. The maximum absolute atomic E-state index is 15.5. The molecule has 8 nitrogen and oxygen atoms in total. The van der Waals surface area contributed by atoms with Gasteiger partial charge in [-0.3, -0.25) is 9.59 Å². The first-order chi connectivity index (χ1) is 21.2. The van der Waals surface area contributed by atoms with E-state index in [1.165, 1.54) is 70.5 Å². The number of hydrogen-bond donors (Lipinski definition) is 0. The van der Waals surface area contributed by atoms with Crippen LogP contribution in [0.5, 0.6) is 23.0 Å². The van der Waals surface area contributed by atoms with E-state index in [9.17, 15) is 20.1 Å². The van der Waals surface area contributed by atoms with Gasteiger partial charge in [0.2, 0.25) is 11.5 Å². The summed E-state index contributed by atoms with van der Waals surface area (Å²) in [6.07, 6.45) is 6.28. The van der Waals surface area contributed by atoms with Crippen molar-refractivity contribution in [3.05, 3.63) is 133 Å². The Kier molecular flexibility index (Phi) is 11.3. The second-order valence-corrected chi connectivity index (χ2v) is 9.09. The van der Waals surface area contributed by atoms with Crippen molar-refractivity contribution in [1.82, 2.24) is 9.80 Å². The molecule has 0 aliphatic carbocycles. The lowest BCUT2D eigenvalue weighted by Gasteiger charge is -2.20. The minimum atomic E-state index is -1.32. The Morgan fingerprint density at radius 2 is 0.932 bits per heavy atom. The predicted octanol–water partition coefficient (Wildman–Crippen LogP) is 6.92. The fraction of sp³-hybridized carbons (Fsp3) is 0.118. The number of hydrogen-bond acceptors (Lipinski definition) is 6. The van der Waals surface area contributed by atoms with Crippen LogP contribution in [0.25, 0.3) is 0 Å². The van der Waals surface area contributed by atoms with E-state index in [0.29, 0.717) is 0 Å². The van der Waals surface area contributed by atoms with Gasteiger partial charge in [0.1, 0.15) is 34.8 Å². The zero-order valence-corrected chi connectivity index (χ0v) is 23.8. The molecule has 3 aromatic rings. The Morgan fingerprint density at radius 3 is 1.18 bits per heavy atom. The summed E-state index contributed by atoms with van der Waals surface area (Å²) >= 11 is 0. The third kappa shape index (κ3) is 7.25. The first-order valence-corrected chi connectivity index (χ1v) is 13.2. The van der Waals surface area contributed by atoms with Crippen molar-refractivity contribution < 1.29 is 27.8 Å². The lowest BCUT2D eigenvalue weighted by atomic mass is 10.1. The zero-order valence-electron chi connectivity index (χ0n) is 23.8. The van der Waals surface area contributed by atoms with E-state index >= 15 is 8.78 Å². The maximum Gasteiger partial charge on any atom is 0.254 e. The molecule has 10 heteroatoms. The average molecular weight is 595 g/mol. The minimum absolute atomic E-state index is 0.0113. The van der Waals surface area contributed by atoms with Crippen LogP contribution < -0.4 is 9.47 Å². The molecule has 0 atom stereocenters. The van der Waals surface area contributed by atoms with E-state index in [1.807, 2.05) is 0 Å². The largest absolute Gasteiger partial charge is 0.450 e. The molecule has 0 saturated carbocycles. The smallest absolute Gasteiger partial charge is 0.254 e. The van der Waals surface area contributed by atoms with E-state index in [0.717, 1.165) is 0 Å². The lowest BCUT2D eigenvalue weighted by molar-refractivity contribution is 0.0783. The summed E-state index contributed by atoms with van der Waals surface area (Å²) < 4.78 is 42.4. The summed E-state index contributed by atoms with van der Waals surface area (Å²) in [4.78, 5) is 28.7. The molecule has 0 bridgehead atoms. The molecule has 0 radical (unpaired) electrons. The molecule has 3 rings (SSSR count). The Balaban J connectivity index is 1.99. The van der Waals surface area contributed by atoms with Gasteiger partial charge in [-0.25, -0.2) is 8.78 Å². The van der Waals surface area contributed by atoms with Crippen LogP contribution in [0.4, 0.5) is 8.78 Å². The minimum Gasteiger partial charge on any atom is -0.450 e. The maximum atomic E-state index is 15.5. The second-order valence-electron chi connectivity index (χ2n) is 9.09. The van der Waals surface area contributed by atoms with Crippen molar-refractivity contribution in [2.24, 2.45) is 0 Å². The predicted molar refractivity (Wildman–Crippen MR) is 161 cm³/mol. The Bertz CT molecular complexity index is 1530. The Hall–Kier alpha value is -6.00. The fourth-order valence-electron chi connectivity index (χ4n) is 4.07. The number of carbonyl (C=O) groups is 2. The van der Waals surface area contributed by atoms with Crippen molar-refractivity contribution in [1.29, 1.82) is 10.5 Å². The fourth-order valence-corrected chi connectivity index (χ4v) is 4.07. The number of nitrogens with zero attached hydrogens (tertiary/aromatic N) is 4. The number of nitriles is 2. The van der Waals surface area contributed by atoms with Crippen LogP contribution in [0.3, 0.4) is 0 Å². The van der Waals surface area contributed by atoms with Crippen LogP contribution in [-0.4, -0.2) is 47.8 Å². The van der Waals surface area contributed by atoms with Gasteiger partial charge in [0, 0.05) is 37.3 Å². The van der Waals surface area contributed by atoms with E-state index in [2.05, 4.69) is 26.3 Å². The SMILES string of the molecule is C=CCN(CC=C)C(=O)c1ccc(Oc2c(F)c(C#N)c(C#N)c(F)c2Oc2ccc(C(=O)N(CC=C)CC=C)cc2)cc1. The highest BCUT2D eigenvalue weighted by atomic mass is 19.1. The lowest BCUT2D eigenvalue weighted by Crippen LogP contribution is -2.31. The molecule has 0 spiro atoms. The molecule has 44 heavy (non-hydrogen) atoms. The summed E-state index contributed by atoms with van der Waals surface area (Å²) in [7, 11) is 0. The third-order valence-corrected chi connectivity index (χ3v) is 6.13. The van der Waals surface area contributed by atoms with Gasteiger partial charge in [0.15, 0.2) is 11.6 Å². The van der Waals surface area contributed by atoms with Gasteiger partial charge in [-0.05, 0) is 48.5 Å². The first kappa shape index (κ1) is 32.5. The van der Waals surface area contributed by atoms with E-state index in [4.69, 9.17) is 9.47 Å². The zero-order chi connectivity index (χ0) is 32.2. The third-order valence-electron chi connectivity index (χ3n) is 6.13. The quantitative estimate of drug-likeness (QED) is 0.188. The number of halogens is 2. The normalized spacial score (nSPS) is 10.0. The van der Waals surface area contributed by atoms with Crippen molar-refractivity contribution in [2.45, 2.75) is 0 Å². The molecule has 0 heterocycles. The summed E-state index contributed by atoms with van der Waals surface area (Å²) in [6, 6.07) is 14.1. The summed E-state index contributed by atoms with van der Waals surface area (Å²) in [6.45, 7) is 15.7. The van der Waals surface area contributed by atoms with Gasteiger partial charge in [0.25, 0.3) is 11.8 Å². The van der Waals surface area contributed by atoms with Gasteiger partial charge in [0.05, 0.1) is 0 Å². The van der Waals surface area contributed by atoms with Gasteiger partial charge < -0.3 is 19.3 Å². The monoisotopic (exact) mass is 594 g/mol. The highest BCUT2D eigenvalue weighted by Crippen LogP contribution is 2.42. The van der Waals surface area contributed by atoms with Gasteiger partial charge >= 0.3 is 0 Å². The Labute approximate surface area is 254 Å². The standard InChI is InChI=1S/C34H28F2N4O4/c1-5-17-39(18-6-2)33(41)23-9-13-25(14-10-23)43-31-29(35)27(21-37)28(22-38)30(36)32(31)44-26-15-11-24(12-16-26)34(42)40(19-7-3)20-8-4/h5-16H,1-4,17-20H2. The van der Waals surface area contributed by atoms with E-state index in [1.54, 1.807) is 24.3 Å². The molecule has 0 aliphatic heterocycles. The van der Waals surface area contributed by atoms with Gasteiger partial charge in [-0.15, -0.1) is 26.3 Å². The Morgan fingerprint density at radius 1 is 0.636 bits per heavy atom. The van der Waals surface area contributed by atoms with Crippen LogP contribution in [-0.2, 0) is 0 Å². The van der Waals surface area contributed by atoms with Crippen LogP contribution >= 0.6 is 0 Å². The van der Waals surface area contributed by atoms with Crippen LogP contribution in [0, 0.1) is 34.3 Å². The van der Waals surface area contributed by atoms with Crippen LogP contribution in [0.1, 0.15) is 31.8 Å². The van der Waals surface area contributed by atoms with Crippen molar-refractivity contribution in [3.63, 3.8) is 0 Å². The summed E-state index contributed by atoms with van der Waals surface area (Å²) in [5.41, 5.74) is -1.16. The molecule has 3 aromatic carbocycles. The molecule has 222 valence electrons. The van der Waals surface area contributed by atoms with Crippen molar-refractivity contribution in [3.8, 4) is 35.1 Å². The topological polar surface area (TPSA) is 107 Å². The van der Waals surface area contributed by atoms with E-state index < -0.39 is 34.3 Å². The highest BCUT2D eigenvalue weighted by molar-refractivity contribution is 5.95. The molecule has 0 fully saturated rings. The molecule has 2 amide bonds. The van der Waals surface area contributed by atoms with Crippen molar-refractivity contribution in [2.75, 3.05) is 26.2 Å². The number of ether oxygens (including phenoxy) is 2. The first-order valence-electron chi connectivity index (χ1n) is 13.2. The second kappa shape index (κ2) is 15.3. The molecule has 0 aliphatic rings. The molecule has 0 aromatic heterocycles. The van der Waals surface area contributed by atoms with Crippen molar-refractivity contribution >= 4 is 11.8 Å². The highest BCUT2D eigenvalue weighted by Gasteiger charge is 2.29. The summed E-state index contributed by atoms with van der Waals surface area (Å²) in [5, 5.41) is 18.9. The molecular formula is C34H28F2N4O4. The van der Waals surface area contributed by atoms with Crippen LogP contribution in [0.15, 0.2) is 99.2 Å².